The van der Waals surface area contributed by atoms with Gasteiger partial charge in [0.1, 0.15) is 5.60 Å². The minimum absolute atomic E-state index is 0.0887. The van der Waals surface area contributed by atoms with E-state index >= 15 is 0 Å². The Labute approximate surface area is 163 Å². The second kappa shape index (κ2) is 12.9. The third-order valence-corrected chi connectivity index (χ3v) is 4.65. The first-order valence-corrected chi connectivity index (χ1v) is 10.3. The molecule has 0 heterocycles. The molecule has 0 spiro atoms. The average molecular weight is 387 g/mol. The molecule has 2 fully saturated rings. The van der Waals surface area contributed by atoms with Crippen molar-refractivity contribution in [3.05, 3.63) is 0 Å². The monoisotopic (exact) mass is 386 g/mol. The number of amides is 1. The number of hydrogen-bond acceptors (Lipinski definition) is 5. The Hall–Kier alpha value is -1.34. The highest BCUT2D eigenvalue weighted by molar-refractivity contribution is 5.67. The molecule has 0 aromatic heterocycles. The Bertz CT molecular complexity index is 409. The molecule has 2 saturated carbocycles. The standard InChI is InChI=1S/C12H23N.C8H15NO5/c1-3-7-11(8-4-1)13-12-9-5-2-6-10-12;1-8(2,3)14-7(12)9-13-5-4-6(10)11/h11-13H,1-10H2;4-5H2,1-3H3,(H,9,12)(H,10,11). The van der Waals surface area contributed by atoms with E-state index in [1.807, 2.05) is 5.48 Å². The number of carbonyl (C=O) groups is 2. The van der Waals surface area contributed by atoms with Crippen molar-refractivity contribution < 1.29 is 24.3 Å². The van der Waals surface area contributed by atoms with E-state index in [4.69, 9.17) is 9.84 Å². The van der Waals surface area contributed by atoms with Crippen LogP contribution < -0.4 is 10.8 Å². The number of hydrogen-bond donors (Lipinski definition) is 3. The molecule has 0 atom stereocenters. The second-order valence-electron chi connectivity index (χ2n) is 8.43. The van der Waals surface area contributed by atoms with Crippen LogP contribution in [0.2, 0.25) is 0 Å². The number of nitrogens with one attached hydrogen (secondary N) is 2. The number of ether oxygens (including phenoxy) is 1. The SMILES string of the molecule is C1CCC(NC2CCCCC2)CC1.CC(C)(C)OC(=O)NOCCC(=O)O. The fourth-order valence-corrected chi connectivity index (χ4v) is 3.42. The van der Waals surface area contributed by atoms with Gasteiger partial charge in [-0.25, -0.2) is 4.79 Å². The molecule has 3 N–H and O–H groups in total. The minimum atomic E-state index is -0.990. The van der Waals surface area contributed by atoms with Gasteiger partial charge in [0.05, 0.1) is 13.0 Å². The van der Waals surface area contributed by atoms with Gasteiger partial charge in [-0.3, -0.25) is 9.63 Å². The van der Waals surface area contributed by atoms with Crippen molar-refractivity contribution in [2.45, 2.75) is 109 Å². The van der Waals surface area contributed by atoms with E-state index in [9.17, 15) is 9.59 Å². The predicted octanol–water partition coefficient (Wildman–Crippen LogP) is 4.16. The first-order chi connectivity index (χ1) is 12.8. The van der Waals surface area contributed by atoms with Crippen LogP contribution in [0.25, 0.3) is 0 Å². The molecule has 2 aliphatic rings. The van der Waals surface area contributed by atoms with Crippen LogP contribution in [0.15, 0.2) is 0 Å². The molecule has 0 saturated heterocycles. The normalized spacial score (nSPS) is 18.9. The zero-order valence-corrected chi connectivity index (χ0v) is 17.2. The van der Waals surface area contributed by atoms with Crippen LogP contribution >= 0.6 is 0 Å². The van der Waals surface area contributed by atoms with Gasteiger partial charge >= 0.3 is 12.1 Å². The predicted molar refractivity (Wildman–Crippen MR) is 104 cm³/mol. The van der Waals surface area contributed by atoms with Gasteiger partial charge in [0.15, 0.2) is 0 Å². The number of carbonyl (C=O) groups excluding carboxylic acids is 1. The third-order valence-electron chi connectivity index (χ3n) is 4.65. The summed E-state index contributed by atoms with van der Waals surface area (Å²) in [5.41, 5.74) is 1.37. The van der Waals surface area contributed by atoms with Crippen LogP contribution in [-0.2, 0) is 14.4 Å². The maximum Gasteiger partial charge on any atom is 0.431 e. The lowest BCUT2D eigenvalue weighted by molar-refractivity contribution is -0.138. The van der Waals surface area contributed by atoms with Crippen molar-refractivity contribution in [3.8, 4) is 0 Å². The zero-order valence-electron chi connectivity index (χ0n) is 17.2. The molecular formula is C20H38N2O5. The first-order valence-electron chi connectivity index (χ1n) is 10.3. The molecule has 0 aromatic carbocycles. The van der Waals surface area contributed by atoms with Gasteiger partial charge in [-0.1, -0.05) is 38.5 Å². The molecule has 158 valence electrons. The summed E-state index contributed by atoms with van der Waals surface area (Å²) in [6, 6.07) is 1.74. The summed E-state index contributed by atoms with van der Waals surface area (Å²) in [6.45, 7) is 5.05. The van der Waals surface area contributed by atoms with E-state index in [0.29, 0.717) is 0 Å². The van der Waals surface area contributed by atoms with Crippen molar-refractivity contribution in [2.75, 3.05) is 6.61 Å². The summed E-state index contributed by atoms with van der Waals surface area (Å²) in [4.78, 5) is 25.5. The molecule has 7 nitrogen and oxygen atoms in total. The quantitative estimate of drug-likeness (QED) is 0.468. The van der Waals surface area contributed by atoms with Gasteiger partial charge in [-0.15, -0.1) is 0 Å². The molecule has 1 amide bonds. The number of carboxylic acids is 1. The molecule has 0 radical (unpaired) electrons. The van der Waals surface area contributed by atoms with Gasteiger partial charge in [0.2, 0.25) is 0 Å². The van der Waals surface area contributed by atoms with Crippen molar-refractivity contribution in [1.29, 1.82) is 0 Å². The van der Waals surface area contributed by atoms with Crippen LogP contribution in [0.5, 0.6) is 0 Å². The highest BCUT2D eigenvalue weighted by atomic mass is 16.7. The van der Waals surface area contributed by atoms with Crippen molar-refractivity contribution in [3.63, 3.8) is 0 Å². The van der Waals surface area contributed by atoms with E-state index in [1.165, 1.54) is 64.2 Å². The van der Waals surface area contributed by atoms with Gasteiger partial charge < -0.3 is 15.2 Å². The molecule has 2 aliphatic carbocycles. The molecule has 2 rings (SSSR count). The van der Waals surface area contributed by atoms with Crippen LogP contribution in [0, 0.1) is 0 Å². The fourth-order valence-electron chi connectivity index (χ4n) is 3.42. The summed E-state index contributed by atoms with van der Waals surface area (Å²) in [6.07, 6.45) is 13.7. The Balaban J connectivity index is 0.000000270. The summed E-state index contributed by atoms with van der Waals surface area (Å²) in [5.74, 6) is -0.990. The van der Waals surface area contributed by atoms with Crippen LogP contribution in [-0.4, -0.2) is 41.5 Å². The summed E-state index contributed by atoms with van der Waals surface area (Å²) < 4.78 is 4.82. The summed E-state index contributed by atoms with van der Waals surface area (Å²) >= 11 is 0. The smallest absolute Gasteiger partial charge is 0.431 e. The van der Waals surface area contributed by atoms with Gasteiger partial charge in [0.25, 0.3) is 0 Å². The number of hydroxylamine groups is 1. The summed E-state index contributed by atoms with van der Waals surface area (Å²) in [7, 11) is 0. The average Bonchev–Trinajstić information content (AvgIpc) is 2.59. The third kappa shape index (κ3) is 13.5. The van der Waals surface area contributed by atoms with E-state index in [0.717, 1.165) is 12.1 Å². The Morgan fingerprint density at radius 3 is 1.81 bits per heavy atom. The van der Waals surface area contributed by atoms with E-state index in [2.05, 4.69) is 10.2 Å². The molecule has 0 bridgehead atoms. The number of carboxylic acid groups (broad SMARTS) is 1. The molecule has 27 heavy (non-hydrogen) atoms. The van der Waals surface area contributed by atoms with Crippen LogP contribution in [0.4, 0.5) is 4.79 Å². The lowest BCUT2D eigenvalue weighted by atomic mass is 9.91. The van der Waals surface area contributed by atoms with Gasteiger partial charge in [-0.2, -0.15) is 5.48 Å². The highest BCUT2D eigenvalue weighted by Gasteiger charge is 2.19. The molecule has 0 unspecified atom stereocenters. The Morgan fingerprint density at radius 2 is 1.41 bits per heavy atom. The number of rotatable bonds is 6. The Kier molecular flexibility index (Phi) is 11.4. The van der Waals surface area contributed by atoms with E-state index in [1.54, 1.807) is 20.8 Å². The lowest BCUT2D eigenvalue weighted by Crippen LogP contribution is -2.40. The topological polar surface area (TPSA) is 96.9 Å². The van der Waals surface area contributed by atoms with Gasteiger partial charge in [-0.05, 0) is 46.5 Å². The van der Waals surface area contributed by atoms with Crippen molar-refractivity contribution >= 4 is 12.1 Å². The molecular weight excluding hydrogens is 348 g/mol. The minimum Gasteiger partial charge on any atom is -0.481 e. The number of aliphatic carboxylic acids is 1. The zero-order chi connectivity index (χ0) is 20.1. The van der Waals surface area contributed by atoms with Crippen LogP contribution in [0.3, 0.4) is 0 Å². The molecule has 7 heteroatoms. The first kappa shape index (κ1) is 23.7. The lowest BCUT2D eigenvalue weighted by Gasteiger charge is -2.30. The maximum absolute atomic E-state index is 10.9. The van der Waals surface area contributed by atoms with Crippen molar-refractivity contribution in [1.82, 2.24) is 10.8 Å². The van der Waals surface area contributed by atoms with E-state index < -0.39 is 17.7 Å². The maximum atomic E-state index is 10.9. The van der Waals surface area contributed by atoms with Gasteiger partial charge in [0, 0.05) is 12.1 Å². The fraction of sp³-hybridized carbons (Fsp3) is 0.900. The largest absolute Gasteiger partial charge is 0.481 e. The second-order valence-corrected chi connectivity index (χ2v) is 8.43. The van der Waals surface area contributed by atoms with E-state index in [-0.39, 0.29) is 13.0 Å². The molecule has 0 aromatic rings. The van der Waals surface area contributed by atoms with Crippen molar-refractivity contribution in [2.24, 2.45) is 0 Å². The van der Waals surface area contributed by atoms with Crippen LogP contribution in [0.1, 0.15) is 91.4 Å². The molecule has 0 aliphatic heterocycles. The Morgan fingerprint density at radius 1 is 0.926 bits per heavy atom. The summed E-state index contributed by atoms with van der Waals surface area (Å²) in [5, 5.41) is 12.1. The highest BCUT2D eigenvalue weighted by Crippen LogP contribution is 2.22.